The first-order valence-electron chi connectivity index (χ1n) is 5.26. The van der Waals surface area contributed by atoms with Gasteiger partial charge in [0, 0.05) is 0 Å². The predicted octanol–water partition coefficient (Wildman–Crippen LogP) is 2.37. The molecule has 0 amide bonds. The molecule has 1 aromatic carbocycles. The molecule has 0 aliphatic heterocycles. The van der Waals surface area contributed by atoms with Gasteiger partial charge in [-0.1, -0.05) is 24.6 Å². The van der Waals surface area contributed by atoms with Crippen LogP contribution < -0.4 is 4.74 Å². The van der Waals surface area contributed by atoms with Gasteiger partial charge in [-0.3, -0.25) is 0 Å². The zero-order valence-electron chi connectivity index (χ0n) is 8.23. The van der Waals surface area contributed by atoms with Crippen LogP contribution in [0.2, 0.25) is 0 Å². The molecule has 0 spiro atoms. The second-order valence-electron chi connectivity index (χ2n) is 3.82. The first-order chi connectivity index (χ1) is 6.86. The molecule has 2 atom stereocenters. The van der Waals surface area contributed by atoms with Gasteiger partial charge in [0.25, 0.3) is 0 Å². The maximum atomic E-state index is 9.71. The van der Waals surface area contributed by atoms with Crippen LogP contribution in [0.5, 0.6) is 5.75 Å². The van der Waals surface area contributed by atoms with Crippen LogP contribution in [0.3, 0.4) is 0 Å². The molecule has 2 heteroatoms. The van der Waals surface area contributed by atoms with E-state index in [0.717, 1.165) is 31.4 Å². The fourth-order valence-corrected chi connectivity index (χ4v) is 1.89. The van der Waals surface area contributed by atoms with Gasteiger partial charge < -0.3 is 9.84 Å². The van der Waals surface area contributed by atoms with E-state index in [1.54, 1.807) is 0 Å². The summed E-state index contributed by atoms with van der Waals surface area (Å²) in [7, 11) is 0. The van der Waals surface area contributed by atoms with Crippen LogP contribution in [0.25, 0.3) is 0 Å². The molecule has 1 aliphatic carbocycles. The molecule has 0 heterocycles. The SMILES string of the molecule is OC1CCCCC1Oc1ccccc1. The Kier molecular flexibility index (Phi) is 3.04. The van der Waals surface area contributed by atoms with E-state index in [9.17, 15) is 5.11 Å². The molecular formula is C12H16O2. The van der Waals surface area contributed by atoms with Gasteiger partial charge in [-0.25, -0.2) is 0 Å². The number of hydrogen-bond donors (Lipinski definition) is 1. The van der Waals surface area contributed by atoms with Crippen molar-refractivity contribution in [3.8, 4) is 5.75 Å². The highest BCUT2D eigenvalue weighted by Gasteiger charge is 2.24. The van der Waals surface area contributed by atoms with E-state index in [1.807, 2.05) is 30.3 Å². The highest BCUT2D eigenvalue weighted by Crippen LogP contribution is 2.23. The highest BCUT2D eigenvalue weighted by atomic mass is 16.5. The third-order valence-electron chi connectivity index (χ3n) is 2.70. The van der Waals surface area contributed by atoms with Gasteiger partial charge in [-0.2, -0.15) is 0 Å². The van der Waals surface area contributed by atoms with Crippen LogP contribution in [0, 0.1) is 0 Å². The van der Waals surface area contributed by atoms with E-state index in [-0.39, 0.29) is 12.2 Å². The molecule has 0 radical (unpaired) electrons. The molecule has 2 rings (SSSR count). The summed E-state index contributed by atoms with van der Waals surface area (Å²) in [6.45, 7) is 0. The van der Waals surface area contributed by atoms with Crippen molar-refractivity contribution in [2.75, 3.05) is 0 Å². The summed E-state index contributed by atoms with van der Waals surface area (Å²) in [6.07, 6.45) is 3.83. The quantitative estimate of drug-likeness (QED) is 0.779. The maximum absolute atomic E-state index is 9.71. The Labute approximate surface area is 84.5 Å². The Morgan fingerprint density at radius 1 is 1.07 bits per heavy atom. The number of benzene rings is 1. The minimum Gasteiger partial charge on any atom is -0.488 e. The summed E-state index contributed by atoms with van der Waals surface area (Å²) < 4.78 is 5.72. The molecule has 1 saturated carbocycles. The smallest absolute Gasteiger partial charge is 0.124 e. The van der Waals surface area contributed by atoms with Crippen LogP contribution in [-0.2, 0) is 0 Å². The number of ether oxygens (including phenoxy) is 1. The number of para-hydroxylation sites is 1. The van der Waals surface area contributed by atoms with Crippen LogP contribution >= 0.6 is 0 Å². The number of rotatable bonds is 2. The molecule has 2 nitrogen and oxygen atoms in total. The van der Waals surface area contributed by atoms with Crippen molar-refractivity contribution in [1.82, 2.24) is 0 Å². The summed E-state index contributed by atoms with van der Waals surface area (Å²) in [5.41, 5.74) is 0. The van der Waals surface area contributed by atoms with Crippen LogP contribution in [0.1, 0.15) is 25.7 Å². The monoisotopic (exact) mass is 192 g/mol. The predicted molar refractivity (Wildman–Crippen MR) is 55.3 cm³/mol. The first-order valence-corrected chi connectivity index (χ1v) is 5.26. The lowest BCUT2D eigenvalue weighted by atomic mass is 9.95. The summed E-state index contributed by atoms with van der Waals surface area (Å²) in [5, 5.41) is 9.71. The van der Waals surface area contributed by atoms with Gasteiger partial charge in [-0.05, 0) is 31.4 Å². The fraction of sp³-hybridized carbons (Fsp3) is 0.500. The van der Waals surface area contributed by atoms with Crippen LogP contribution in [0.4, 0.5) is 0 Å². The Morgan fingerprint density at radius 3 is 2.50 bits per heavy atom. The summed E-state index contributed by atoms with van der Waals surface area (Å²) in [4.78, 5) is 0. The molecule has 1 aliphatic rings. The maximum Gasteiger partial charge on any atom is 0.124 e. The Morgan fingerprint density at radius 2 is 1.79 bits per heavy atom. The number of aliphatic hydroxyl groups is 1. The molecule has 2 unspecified atom stereocenters. The van der Waals surface area contributed by atoms with Crippen molar-refractivity contribution in [1.29, 1.82) is 0 Å². The minimum absolute atomic E-state index is 0.00819. The van der Waals surface area contributed by atoms with E-state index in [1.165, 1.54) is 0 Å². The molecule has 1 aromatic rings. The van der Waals surface area contributed by atoms with Crippen molar-refractivity contribution in [2.24, 2.45) is 0 Å². The third kappa shape index (κ3) is 2.26. The molecule has 1 fully saturated rings. The van der Waals surface area contributed by atoms with E-state index in [2.05, 4.69) is 0 Å². The average molecular weight is 192 g/mol. The molecule has 0 bridgehead atoms. The van der Waals surface area contributed by atoms with E-state index < -0.39 is 0 Å². The third-order valence-corrected chi connectivity index (χ3v) is 2.70. The van der Waals surface area contributed by atoms with Crippen molar-refractivity contribution in [3.63, 3.8) is 0 Å². The molecule has 0 saturated heterocycles. The van der Waals surface area contributed by atoms with Crippen molar-refractivity contribution in [2.45, 2.75) is 37.9 Å². The summed E-state index contributed by atoms with van der Waals surface area (Å²) in [5.74, 6) is 0.860. The zero-order chi connectivity index (χ0) is 9.80. The summed E-state index contributed by atoms with van der Waals surface area (Å²) >= 11 is 0. The Bertz CT molecular complexity index is 271. The zero-order valence-corrected chi connectivity index (χ0v) is 8.23. The molecule has 14 heavy (non-hydrogen) atoms. The molecule has 0 aromatic heterocycles. The topological polar surface area (TPSA) is 29.5 Å². The van der Waals surface area contributed by atoms with E-state index in [0.29, 0.717) is 0 Å². The second kappa shape index (κ2) is 4.47. The van der Waals surface area contributed by atoms with Crippen molar-refractivity contribution < 1.29 is 9.84 Å². The average Bonchev–Trinajstić information content (AvgIpc) is 2.23. The summed E-state index contributed by atoms with van der Waals surface area (Å²) in [6, 6.07) is 9.72. The lowest BCUT2D eigenvalue weighted by molar-refractivity contribution is 0.00688. The molecular weight excluding hydrogens is 176 g/mol. The molecule has 1 N–H and O–H groups in total. The second-order valence-corrected chi connectivity index (χ2v) is 3.82. The van der Waals surface area contributed by atoms with Crippen molar-refractivity contribution >= 4 is 0 Å². The van der Waals surface area contributed by atoms with Gasteiger partial charge in [0.15, 0.2) is 0 Å². The number of hydrogen-bond acceptors (Lipinski definition) is 2. The van der Waals surface area contributed by atoms with Gasteiger partial charge in [0.2, 0.25) is 0 Å². The van der Waals surface area contributed by atoms with Gasteiger partial charge in [0.05, 0.1) is 6.10 Å². The lowest BCUT2D eigenvalue weighted by Gasteiger charge is -2.28. The first kappa shape index (κ1) is 9.53. The standard InChI is InChI=1S/C12H16O2/c13-11-8-4-5-9-12(11)14-10-6-2-1-3-7-10/h1-3,6-7,11-13H,4-5,8-9H2. The van der Waals surface area contributed by atoms with E-state index >= 15 is 0 Å². The Hall–Kier alpha value is -1.02. The largest absolute Gasteiger partial charge is 0.488 e. The van der Waals surface area contributed by atoms with Crippen LogP contribution in [-0.4, -0.2) is 17.3 Å². The van der Waals surface area contributed by atoms with Gasteiger partial charge in [-0.15, -0.1) is 0 Å². The lowest BCUT2D eigenvalue weighted by Crippen LogP contribution is -2.34. The van der Waals surface area contributed by atoms with E-state index in [4.69, 9.17) is 4.74 Å². The minimum atomic E-state index is -0.288. The normalized spacial score (nSPS) is 27.2. The highest BCUT2D eigenvalue weighted by molar-refractivity contribution is 5.21. The fourth-order valence-electron chi connectivity index (χ4n) is 1.89. The van der Waals surface area contributed by atoms with Crippen LogP contribution in [0.15, 0.2) is 30.3 Å². The molecule has 76 valence electrons. The van der Waals surface area contributed by atoms with Gasteiger partial charge in [0.1, 0.15) is 11.9 Å². The Balaban J connectivity index is 1.96. The number of aliphatic hydroxyl groups excluding tert-OH is 1. The van der Waals surface area contributed by atoms with Gasteiger partial charge >= 0.3 is 0 Å². The van der Waals surface area contributed by atoms with Crippen molar-refractivity contribution in [3.05, 3.63) is 30.3 Å².